The number of aromatic nitrogens is 2. The van der Waals surface area contributed by atoms with Gasteiger partial charge in [-0.3, -0.25) is 9.52 Å². The van der Waals surface area contributed by atoms with Crippen molar-refractivity contribution in [3.8, 4) is 11.6 Å². The second kappa shape index (κ2) is 12.0. The molecule has 0 aliphatic carbocycles. The molecule has 3 aromatic rings. The zero-order chi connectivity index (χ0) is 24.4. The van der Waals surface area contributed by atoms with Crippen LogP contribution in [0.3, 0.4) is 0 Å². The molecule has 0 spiro atoms. The summed E-state index contributed by atoms with van der Waals surface area (Å²) < 4.78 is 38.4. The van der Waals surface area contributed by atoms with Crippen LogP contribution in [0.4, 0.5) is 11.5 Å². The van der Waals surface area contributed by atoms with E-state index in [2.05, 4.69) is 26.9 Å². The molecule has 10 heteroatoms. The Kier molecular flexibility index (Phi) is 8.80. The van der Waals surface area contributed by atoms with Gasteiger partial charge >= 0.3 is 0 Å². The third-order valence-corrected chi connectivity index (χ3v) is 6.25. The minimum atomic E-state index is -3.92. The van der Waals surface area contributed by atoms with Gasteiger partial charge in [0.15, 0.2) is 0 Å². The first kappa shape index (κ1) is 25.0. The van der Waals surface area contributed by atoms with Crippen molar-refractivity contribution >= 4 is 27.4 Å². The van der Waals surface area contributed by atoms with Gasteiger partial charge in [0.1, 0.15) is 5.75 Å². The molecule has 34 heavy (non-hydrogen) atoms. The van der Waals surface area contributed by atoms with Crippen LogP contribution in [0, 0.1) is 0 Å². The quantitative estimate of drug-likeness (QED) is 0.363. The lowest BCUT2D eigenvalue weighted by Crippen LogP contribution is -2.15. The molecular weight excluding hydrogens is 456 g/mol. The van der Waals surface area contributed by atoms with Crippen molar-refractivity contribution in [3.63, 3.8) is 0 Å². The van der Waals surface area contributed by atoms with Crippen molar-refractivity contribution in [2.75, 3.05) is 23.8 Å². The Morgan fingerprint density at radius 1 is 0.941 bits per heavy atom. The van der Waals surface area contributed by atoms with E-state index >= 15 is 0 Å². The highest BCUT2D eigenvalue weighted by Gasteiger charge is 2.18. The van der Waals surface area contributed by atoms with Gasteiger partial charge in [-0.05, 0) is 55.0 Å². The second-order valence-corrected chi connectivity index (χ2v) is 9.11. The van der Waals surface area contributed by atoms with Gasteiger partial charge < -0.3 is 14.8 Å². The molecule has 1 heterocycles. The Morgan fingerprint density at radius 2 is 1.65 bits per heavy atom. The highest BCUT2D eigenvalue weighted by atomic mass is 32.2. The normalized spacial score (nSPS) is 11.0. The van der Waals surface area contributed by atoms with Crippen LogP contribution in [-0.4, -0.2) is 38.0 Å². The highest BCUT2D eigenvalue weighted by Crippen LogP contribution is 2.22. The lowest BCUT2D eigenvalue weighted by atomic mass is 10.2. The van der Waals surface area contributed by atoms with Gasteiger partial charge in [0.05, 0.1) is 18.6 Å². The summed E-state index contributed by atoms with van der Waals surface area (Å²) in [7, 11) is -2.55. The monoisotopic (exact) mass is 484 g/mol. The molecule has 0 fully saturated rings. The van der Waals surface area contributed by atoms with E-state index in [1.807, 2.05) is 0 Å². The molecule has 0 saturated carbocycles. The lowest BCUT2D eigenvalue weighted by molar-refractivity contribution is 0.102. The van der Waals surface area contributed by atoms with Gasteiger partial charge in [-0.2, -0.15) is 0 Å². The molecule has 0 aliphatic rings. The molecule has 0 aliphatic heterocycles. The van der Waals surface area contributed by atoms with E-state index in [1.165, 1.54) is 56.6 Å². The van der Waals surface area contributed by atoms with Gasteiger partial charge in [-0.1, -0.05) is 26.2 Å². The Hall–Kier alpha value is -3.66. The van der Waals surface area contributed by atoms with Crippen LogP contribution in [0.25, 0.3) is 0 Å². The first-order valence-corrected chi connectivity index (χ1v) is 12.4. The number of nitrogens with zero attached hydrogens (tertiary/aromatic N) is 2. The molecule has 3 rings (SSSR count). The standard InChI is InChI=1S/C24H28N4O5S/c1-3-4-5-6-17-33-20-11-7-18(8-12-20)23(29)27-19-9-13-21(14-10-19)34(30,31)28-22-24(32-2)26-16-15-25-22/h7-16H,3-6,17H2,1-2H3,(H,25,28)(H,27,29). The number of ether oxygens (including phenoxy) is 2. The van der Waals surface area contributed by atoms with Gasteiger partial charge in [-0.15, -0.1) is 0 Å². The number of anilines is 2. The second-order valence-electron chi connectivity index (χ2n) is 7.43. The van der Waals surface area contributed by atoms with Crippen LogP contribution in [0.2, 0.25) is 0 Å². The number of sulfonamides is 1. The molecule has 0 unspecified atom stereocenters. The number of amides is 1. The summed E-state index contributed by atoms with van der Waals surface area (Å²) >= 11 is 0. The third kappa shape index (κ3) is 6.92. The minimum Gasteiger partial charge on any atom is -0.494 e. The number of hydrogen-bond acceptors (Lipinski definition) is 7. The van der Waals surface area contributed by atoms with Crippen molar-refractivity contribution in [1.82, 2.24) is 9.97 Å². The fraction of sp³-hybridized carbons (Fsp3) is 0.292. The molecule has 1 amide bonds. The fourth-order valence-electron chi connectivity index (χ4n) is 3.07. The highest BCUT2D eigenvalue weighted by molar-refractivity contribution is 7.92. The summed E-state index contributed by atoms with van der Waals surface area (Å²) in [6.07, 6.45) is 7.26. The number of methoxy groups -OCH3 is 1. The van der Waals surface area contributed by atoms with Crippen LogP contribution in [0.1, 0.15) is 43.0 Å². The summed E-state index contributed by atoms with van der Waals surface area (Å²) in [4.78, 5) is 20.4. The summed E-state index contributed by atoms with van der Waals surface area (Å²) in [5.41, 5.74) is 0.920. The van der Waals surface area contributed by atoms with E-state index in [0.717, 1.165) is 18.6 Å². The van der Waals surface area contributed by atoms with Crippen LogP contribution in [0.5, 0.6) is 11.6 Å². The summed E-state index contributed by atoms with van der Waals surface area (Å²) in [5, 5.41) is 2.75. The molecule has 2 aromatic carbocycles. The van der Waals surface area contributed by atoms with Crippen molar-refractivity contribution in [2.45, 2.75) is 37.5 Å². The molecule has 180 valence electrons. The third-order valence-electron chi connectivity index (χ3n) is 4.89. The maximum Gasteiger partial charge on any atom is 0.263 e. The average molecular weight is 485 g/mol. The van der Waals surface area contributed by atoms with E-state index < -0.39 is 10.0 Å². The first-order valence-electron chi connectivity index (χ1n) is 10.9. The smallest absolute Gasteiger partial charge is 0.263 e. The number of unbranched alkanes of at least 4 members (excludes halogenated alkanes) is 3. The zero-order valence-corrected chi connectivity index (χ0v) is 20.0. The Balaban J connectivity index is 1.58. The molecule has 0 bridgehead atoms. The van der Waals surface area contributed by atoms with Crippen molar-refractivity contribution in [2.24, 2.45) is 0 Å². The maximum absolute atomic E-state index is 12.6. The Labute approximate surface area is 199 Å². The predicted molar refractivity (Wildman–Crippen MR) is 130 cm³/mol. The Morgan fingerprint density at radius 3 is 2.32 bits per heavy atom. The minimum absolute atomic E-state index is 0.00126. The number of rotatable bonds is 12. The molecule has 9 nitrogen and oxygen atoms in total. The summed E-state index contributed by atoms with van der Waals surface area (Å²) in [6.45, 7) is 2.82. The molecule has 0 radical (unpaired) electrons. The van der Waals surface area contributed by atoms with Crippen molar-refractivity contribution in [1.29, 1.82) is 0 Å². The van der Waals surface area contributed by atoms with Crippen molar-refractivity contribution < 1.29 is 22.7 Å². The summed E-state index contributed by atoms with van der Waals surface area (Å²) in [5.74, 6) is 0.445. The topological polar surface area (TPSA) is 120 Å². The number of benzene rings is 2. The number of carbonyl (C=O) groups is 1. The van der Waals surface area contributed by atoms with Gasteiger partial charge in [0.25, 0.3) is 21.8 Å². The van der Waals surface area contributed by atoms with Crippen LogP contribution < -0.4 is 19.5 Å². The number of hydrogen-bond donors (Lipinski definition) is 2. The SMILES string of the molecule is CCCCCCOc1ccc(C(=O)Nc2ccc(S(=O)(=O)Nc3nccnc3OC)cc2)cc1. The zero-order valence-electron chi connectivity index (χ0n) is 19.2. The van der Waals surface area contributed by atoms with E-state index in [-0.39, 0.29) is 22.5 Å². The van der Waals surface area contributed by atoms with Crippen LogP contribution in [-0.2, 0) is 10.0 Å². The van der Waals surface area contributed by atoms with E-state index in [4.69, 9.17) is 9.47 Å². The summed E-state index contributed by atoms with van der Waals surface area (Å²) in [6, 6.07) is 12.7. The number of nitrogens with one attached hydrogen (secondary N) is 2. The van der Waals surface area contributed by atoms with E-state index in [9.17, 15) is 13.2 Å². The van der Waals surface area contributed by atoms with Gasteiger partial charge in [0, 0.05) is 23.6 Å². The molecule has 2 N–H and O–H groups in total. The first-order chi connectivity index (χ1) is 16.4. The Bertz CT molecular complexity index is 1180. The fourth-order valence-corrected chi connectivity index (χ4v) is 4.08. The number of carbonyl (C=O) groups excluding carboxylic acids is 1. The molecular formula is C24H28N4O5S. The molecule has 1 aromatic heterocycles. The largest absolute Gasteiger partial charge is 0.494 e. The van der Waals surface area contributed by atoms with E-state index in [1.54, 1.807) is 24.3 Å². The van der Waals surface area contributed by atoms with Crippen LogP contribution in [0.15, 0.2) is 65.8 Å². The maximum atomic E-state index is 12.6. The lowest BCUT2D eigenvalue weighted by Gasteiger charge is -2.11. The van der Waals surface area contributed by atoms with Gasteiger partial charge in [0.2, 0.25) is 5.82 Å². The van der Waals surface area contributed by atoms with E-state index in [0.29, 0.717) is 17.9 Å². The van der Waals surface area contributed by atoms with Crippen molar-refractivity contribution in [3.05, 3.63) is 66.5 Å². The molecule has 0 atom stereocenters. The van der Waals surface area contributed by atoms with Crippen LogP contribution >= 0.6 is 0 Å². The average Bonchev–Trinajstić information content (AvgIpc) is 2.85. The molecule has 0 saturated heterocycles. The predicted octanol–water partition coefficient (Wildman–Crippen LogP) is 4.50. The van der Waals surface area contributed by atoms with Gasteiger partial charge in [-0.25, -0.2) is 18.4 Å².